The van der Waals surface area contributed by atoms with E-state index in [1.165, 1.54) is 5.56 Å². The van der Waals surface area contributed by atoms with Crippen LogP contribution in [0.25, 0.3) is 0 Å². The van der Waals surface area contributed by atoms with Gasteiger partial charge in [-0.3, -0.25) is 0 Å². The van der Waals surface area contributed by atoms with E-state index >= 15 is 0 Å². The van der Waals surface area contributed by atoms with Crippen LogP contribution in [-0.4, -0.2) is 43.6 Å². The molecule has 0 heterocycles. The van der Waals surface area contributed by atoms with Gasteiger partial charge in [0, 0.05) is 32.4 Å². The highest BCUT2D eigenvalue weighted by atomic mass is 35.5. The first-order chi connectivity index (χ1) is 16.5. The summed E-state index contributed by atoms with van der Waals surface area (Å²) in [4.78, 5) is 3.69. The van der Waals surface area contributed by atoms with Gasteiger partial charge in [0.2, 0.25) is 0 Å². The number of thiocarbonyl (C=S) groups is 1. The van der Waals surface area contributed by atoms with Gasteiger partial charge in [-0.15, -0.1) is 0 Å². The van der Waals surface area contributed by atoms with E-state index in [0.29, 0.717) is 28.2 Å². The fourth-order valence-corrected chi connectivity index (χ4v) is 3.98. The molecule has 3 rings (SSSR count). The second-order valence-electron chi connectivity index (χ2n) is 9.50. The minimum atomic E-state index is -0.696. The molecule has 186 valence electrons. The van der Waals surface area contributed by atoms with Crippen molar-refractivity contribution in [1.29, 1.82) is 0 Å². The van der Waals surface area contributed by atoms with Crippen molar-refractivity contribution >= 4 is 40.4 Å². The minimum absolute atomic E-state index is 0.0772. The Hall–Kier alpha value is -2.80. The van der Waals surface area contributed by atoms with E-state index < -0.39 is 6.10 Å². The monoisotopic (exact) mass is 512 g/mol. The van der Waals surface area contributed by atoms with Crippen LogP contribution < -0.4 is 19.3 Å². The third-order valence-corrected chi connectivity index (χ3v) is 6.27. The molecule has 0 saturated heterocycles. The molecule has 7 heteroatoms. The SMILES string of the molecule is CN(CC(O)COc1cccc(N(C)C(=S)Oc2ccc(C(C)(C)C)cc2)c1)c1ccccc1Cl. The highest BCUT2D eigenvalue weighted by molar-refractivity contribution is 7.80. The second-order valence-corrected chi connectivity index (χ2v) is 10.3. The molecule has 1 N–H and O–H groups in total. The van der Waals surface area contributed by atoms with Crippen molar-refractivity contribution in [2.45, 2.75) is 32.3 Å². The Balaban J connectivity index is 1.55. The zero-order chi connectivity index (χ0) is 25.6. The number of hydrogen-bond donors (Lipinski definition) is 1. The number of halogens is 1. The van der Waals surface area contributed by atoms with Gasteiger partial charge in [0.1, 0.15) is 24.2 Å². The molecule has 5 nitrogen and oxygen atoms in total. The van der Waals surface area contributed by atoms with Crippen LogP contribution in [0.1, 0.15) is 26.3 Å². The van der Waals surface area contributed by atoms with Gasteiger partial charge in [-0.1, -0.05) is 62.7 Å². The maximum absolute atomic E-state index is 10.5. The lowest BCUT2D eigenvalue weighted by molar-refractivity contribution is 0.113. The molecule has 1 unspecified atom stereocenters. The number of aliphatic hydroxyl groups is 1. The molecule has 0 aromatic heterocycles. The van der Waals surface area contributed by atoms with Crippen LogP contribution >= 0.6 is 23.8 Å². The normalized spacial score (nSPS) is 12.1. The summed E-state index contributed by atoms with van der Waals surface area (Å²) in [7, 11) is 3.73. The third-order valence-electron chi connectivity index (χ3n) is 5.59. The van der Waals surface area contributed by atoms with Crippen LogP contribution in [0.4, 0.5) is 11.4 Å². The Morgan fingerprint density at radius 3 is 2.31 bits per heavy atom. The lowest BCUT2D eigenvalue weighted by atomic mass is 9.87. The zero-order valence-corrected chi connectivity index (χ0v) is 22.4. The Bertz CT molecular complexity index is 1130. The van der Waals surface area contributed by atoms with E-state index in [-0.39, 0.29) is 12.0 Å². The van der Waals surface area contributed by atoms with Gasteiger partial charge in [-0.25, -0.2) is 0 Å². The first kappa shape index (κ1) is 26.8. The summed E-state index contributed by atoms with van der Waals surface area (Å²) in [5, 5.41) is 11.4. The predicted octanol–water partition coefficient (Wildman–Crippen LogP) is 6.31. The molecule has 0 aliphatic carbocycles. The number of anilines is 2. The molecule has 0 radical (unpaired) electrons. The molecule has 0 spiro atoms. The average Bonchev–Trinajstić information content (AvgIpc) is 2.82. The highest BCUT2D eigenvalue weighted by Gasteiger charge is 2.16. The minimum Gasteiger partial charge on any atom is -0.491 e. The number of aliphatic hydroxyl groups excluding tert-OH is 1. The number of nitrogens with zero attached hydrogens (tertiary/aromatic N) is 2. The second kappa shape index (κ2) is 11.8. The maximum atomic E-state index is 10.5. The molecule has 3 aromatic rings. The van der Waals surface area contributed by atoms with E-state index in [9.17, 15) is 5.11 Å². The van der Waals surface area contributed by atoms with E-state index in [1.54, 1.807) is 4.90 Å². The molecule has 0 bridgehead atoms. The number of rotatable bonds is 8. The number of benzene rings is 3. The fourth-order valence-electron chi connectivity index (χ4n) is 3.50. The molecule has 0 aliphatic heterocycles. The molecule has 0 saturated carbocycles. The fraction of sp³-hybridized carbons (Fsp3) is 0.321. The maximum Gasteiger partial charge on any atom is 0.269 e. The molecule has 0 aliphatic rings. The van der Waals surface area contributed by atoms with Crippen molar-refractivity contribution in [2.24, 2.45) is 0 Å². The number of ether oxygens (including phenoxy) is 2. The first-order valence-corrected chi connectivity index (χ1v) is 12.3. The highest BCUT2D eigenvalue weighted by Crippen LogP contribution is 2.26. The summed E-state index contributed by atoms with van der Waals surface area (Å²) in [6, 6.07) is 23.0. The standard InChI is InChI=1S/C28H33ClN2O3S/c1-28(2,3)20-13-15-23(16-14-20)34-27(35)31(5)21-9-8-10-24(17-21)33-19-22(32)18-30(4)26-12-7-6-11-25(26)29/h6-17,22,32H,18-19H2,1-5H3. The van der Waals surface area contributed by atoms with Crippen LogP contribution in [-0.2, 0) is 5.41 Å². The summed E-state index contributed by atoms with van der Waals surface area (Å²) >= 11 is 11.8. The topological polar surface area (TPSA) is 45.2 Å². The van der Waals surface area contributed by atoms with Gasteiger partial charge >= 0.3 is 0 Å². The van der Waals surface area contributed by atoms with Gasteiger partial charge in [-0.2, -0.15) is 0 Å². The summed E-state index contributed by atoms with van der Waals surface area (Å²) < 4.78 is 11.7. The lowest BCUT2D eigenvalue weighted by Crippen LogP contribution is -2.33. The number of para-hydroxylation sites is 1. The summed E-state index contributed by atoms with van der Waals surface area (Å²) in [5.74, 6) is 1.32. The number of likely N-dealkylation sites (N-methyl/N-ethyl adjacent to an activating group) is 1. The molecular formula is C28H33ClN2O3S. The number of hydrogen-bond acceptors (Lipinski definition) is 5. The molecule has 0 fully saturated rings. The van der Waals surface area contributed by atoms with Crippen molar-refractivity contribution in [3.63, 3.8) is 0 Å². The lowest BCUT2D eigenvalue weighted by Gasteiger charge is -2.24. The van der Waals surface area contributed by atoms with Crippen molar-refractivity contribution in [3.05, 3.63) is 83.4 Å². The molecular weight excluding hydrogens is 480 g/mol. The van der Waals surface area contributed by atoms with Crippen molar-refractivity contribution < 1.29 is 14.6 Å². The van der Waals surface area contributed by atoms with Crippen LogP contribution in [0.15, 0.2) is 72.8 Å². The Kier molecular flexibility index (Phi) is 9.00. The van der Waals surface area contributed by atoms with Gasteiger partial charge in [0.05, 0.1) is 10.7 Å². The average molecular weight is 513 g/mol. The Morgan fingerprint density at radius 2 is 1.66 bits per heavy atom. The van der Waals surface area contributed by atoms with Gasteiger partial charge in [0.25, 0.3) is 5.17 Å². The van der Waals surface area contributed by atoms with Gasteiger partial charge in [-0.05, 0) is 59.6 Å². The van der Waals surface area contributed by atoms with Crippen molar-refractivity contribution in [2.75, 3.05) is 37.0 Å². The summed E-state index contributed by atoms with van der Waals surface area (Å²) in [6.07, 6.45) is -0.696. The van der Waals surface area contributed by atoms with E-state index in [2.05, 4.69) is 32.9 Å². The molecule has 35 heavy (non-hydrogen) atoms. The van der Waals surface area contributed by atoms with Crippen LogP contribution in [0.2, 0.25) is 5.02 Å². The summed E-state index contributed by atoms with van der Waals surface area (Å²) in [6.45, 7) is 7.05. The van der Waals surface area contributed by atoms with E-state index in [4.69, 9.17) is 33.3 Å². The van der Waals surface area contributed by atoms with Crippen LogP contribution in [0.5, 0.6) is 11.5 Å². The summed E-state index contributed by atoms with van der Waals surface area (Å²) in [5.41, 5.74) is 2.99. The molecule has 0 amide bonds. The quantitative estimate of drug-likeness (QED) is 0.357. The largest absolute Gasteiger partial charge is 0.491 e. The van der Waals surface area contributed by atoms with Gasteiger partial charge < -0.3 is 24.4 Å². The van der Waals surface area contributed by atoms with Crippen molar-refractivity contribution in [3.8, 4) is 11.5 Å². The van der Waals surface area contributed by atoms with Crippen molar-refractivity contribution in [1.82, 2.24) is 0 Å². The van der Waals surface area contributed by atoms with E-state index in [0.717, 1.165) is 11.4 Å². The Morgan fingerprint density at radius 1 is 0.971 bits per heavy atom. The molecule has 1 atom stereocenters. The van der Waals surface area contributed by atoms with Crippen LogP contribution in [0, 0.1) is 0 Å². The zero-order valence-electron chi connectivity index (χ0n) is 20.9. The molecule has 3 aromatic carbocycles. The third kappa shape index (κ3) is 7.59. The smallest absolute Gasteiger partial charge is 0.269 e. The van der Waals surface area contributed by atoms with E-state index in [1.807, 2.05) is 79.7 Å². The van der Waals surface area contributed by atoms with Crippen LogP contribution in [0.3, 0.4) is 0 Å². The Labute approximate surface area is 218 Å². The predicted molar refractivity (Wildman–Crippen MR) is 149 cm³/mol. The first-order valence-electron chi connectivity index (χ1n) is 11.5. The van der Waals surface area contributed by atoms with Gasteiger partial charge in [0.15, 0.2) is 0 Å².